The Labute approximate surface area is 227 Å². The number of nitrogens with zero attached hydrogens (tertiary/aromatic N) is 5. The molecule has 4 heterocycles. The van der Waals surface area contributed by atoms with Gasteiger partial charge in [0, 0.05) is 18.0 Å². The monoisotopic (exact) mass is 543 g/mol. The number of ether oxygens (including phenoxy) is 2. The summed E-state index contributed by atoms with van der Waals surface area (Å²) in [6.07, 6.45) is 0. The van der Waals surface area contributed by atoms with Gasteiger partial charge in [0.2, 0.25) is 4.80 Å². The molecule has 192 valence electrons. The molecule has 8 nitrogen and oxygen atoms in total. The van der Waals surface area contributed by atoms with Gasteiger partial charge in [0.1, 0.15) is 13.2 Å². The van der Waals surface area contributed by atoms with Gasteiger partial charge in [0.15, 0.2) is 17.2 Å². The minimum atomic E-state index is -0.179. The molecule has 0 saturated carbocycles. The third-order valence-electron chi connectivity index (χ3n) is 6.40. The summed E-state index contributed by atoms with van der Waals surface area (Å²) >= 11 is 3.08. The molecule has 0 atom stereocenters. The number of hydrogen-bond donors (Lipinski definition) is 0. The first-order chi connectivity index (χ1) is 18.5. The summed E-state index contributed by atoms with van der Waals surface area (Å²) in [6, 6.07) is 19.5. The van der Waals surface area contributed by atoms with Crippen molar-refractivity contribution in [2.45, 2.75) is 13.8 Å². The van der Waals surface area contributed by atoms with Gasteiger partial charge in [-0.2, -0.15) is 5.10 Å². The van der Waals surface area contributed by atoms with Crippen LogP contribution in [0.5, 0.6) is 11.5 Å². The molecule has 6 rings (SSSR count). The standard InChI is InChI=1S/C28H25N5O3S2/c1-18(20-11-12-23-24(16-20)36-14-13-35-23)30-32-22(25-10-7-15-37-25)17-38-28(32)29-26-19(2)31(3)33(27(26)34)21-8-5-4-6-9-21/h4-12,15-17H,13-14H2,1-3H3. The van der Waals surface area contributed by atoms with E-state index in [0.29, 0.717) is 29.5 Å². The van der Waals surface area contributed by atoms with Crippen molar-refractivity contribution in [2.75, 3.05) is 13.2 Å². The smallest absolute Gasteiger partial charge is 0.297 e. The highest BCUT2D eigenvalue weighted by molar-refractivity contribution is 7.14. The van der Waals surface area contributed by atoms with Crippen LogP contribution in [0, 0.1) is 6.92 Å². The van der Waals surface area contributed by atoms with Gasteiger partial charge in [-0.05, 0) is 55.6 Å². The quantitative estimate of drug-likeness (QED) is 0.281. The van der Waals surface area contributed by atoms with E-state index in [2.05, 4.69) is 6.07 Å². The average Bonchev–Trinajstić information content (AvgIpc) is 3.66. The van der Waals surface area contributed by atoms with Crippen molar-refractivity contribution in [1.29, 1.82) is 0 Å². The van der Waals surface area contributed by atoms with E-state index in [1.165, 1.54) is 11.3 Å². The predicted octanol–water partition coefficient (Wildman–Crippen LogP) is 5.35. The second-order valence-corrected chi connectivity index (χ2v) is 10.5. The fourth-order valence-corrected chi connectivity index (χ4v) is 5.95. The Kier molecular flexibility index (Phi) is 6.34. The van der Waals surface area contributed by atoms with Gasteiger partial charge in [0.25, 0.3) is 5.56 Å². The number of para-hydroxylation sites is 1. The Morgan fingerprint density at radius 1 is 0.974 bits per heavy atom. The number of rotatable bonds is 5. The molecule has 0 fully saturated rings. The van der Waals surface area contributed by atoms with Crippen LogP contribution in [0.25, 0.3) is 16.3 Å². The number of thiophene rings is 1. The van der Waals surface area contributed by atoms with E-state index in [9.17, 15) is 4.79 Å². The fourth-order valence-electron chi connectivity index (χ4n) is 4.32. The lowest BCUT2D eigenvalue weighted by Gasteiger charge is -2.18. The minimum Gasteiger partial charge on any atom is -0.486 e. The summed E-state index contributed by atoms with van der Waals surface area (Å²) < 4.78 is 16.7. The fraction of sp³-hybridized carbons (Fsp3) is 0.179. The van der Waals surface area contributed by atoms with Gasteiger partial charge in [-0.15, -0.1) is 22.7 Å². The number of aromatic nitrogens is 3. The van der Waals surface area contributed by atoms with Gasteiger partial charge < -0.3 is 9.47 Å². The zero-order chi connectivity index (χ0) is 26.2. The third kappa shape index (κ3) is 4.31. The maximum absolute atomic E-state index is 13.5. The van der Waals surface area contributed by atoms with Crippen molar-refractivity contribution in [3.63, 3.8) is 0 Å². The normalized spacial score (nSPS) is 13.8. The Balaban J connectivity index is 1.51. The molecule has 0 N–H and O–H groups in total. The summed E-state index contributed by atoms with van der Waals surface area (Å²) in [4.78, 5) is 20.1. The van der Waals surface area contributed by atoms with Gasteiger partial charge in [-0.3, -0.25) is 9.48 Å². The molecule has 0 saturated heterocycles. The van der Waals surface area contributed by atoms with Crippen LogP contribution in [-0.2, 0) is 7.05 Å². The van der Waals surface area contributed by atoms with Crippen molar-refractivity contribution >= 4 is 34.1 Å². The summed E-state index contributed by atoms with van der Waals surface area (Å²) in [5.41, 5.74) is 4.37. The van der Waals surface area contributed by atoms with Crippen molar-refractivity contribution in [3.8, 4) is 27.8 Å². The Hall–Kier alpha value is -4.15. The Bertz CT molecular complexity index is 1770. The molecule has 0 bridgehead atoms. The largest absolute Gasteiger partial charge is 0.486 e. The first-order valence-electron chi connectivity index (χ1n) is 12.1. The first-order valence-corrected chi connectivity index (χ1v) is 13.9. The van der Waals surface area contributed by atoms with Gasteiger partial charge in [0.05, 0.1) is 27.7 Å². The molecular formula is C28H25N5O3S2. The molecule has 0 aliphatic carbocycles. The van der Waals surface area contributed by atoms with Gasteiger partial charge in [-0.25, -0.2) is 14.4 Å². The van der Waals surface area contributed by atoms with E-state index >= 15 is 0 Å². The van der Waals surface area contributed by atoms with E-state index in [0.717, 1.165) is 39.0 Å². The molecule has 10 heteroatoms. The number of thiazole rings is 1. The second kappa shape index (κ2) is 9.96. The maximum Gasteiger partial charge on any atom is 0.297 e. The minimum absolute atomic E-state index is 0.179. The molecular weight excluding hydrogens is 518 g/mol. The number of fused-ring (bicyclic) bond motifs is 1. The van der Waals surface area contributed by atoms with Gasteiger partial charge >= 0.3 is 0 Å². The lowest BCUT2D eigenvalue weighted by molar-refractivity contribution is 0.171. The van der Waals surface area contributed by atoms with E-state index < -0.39 is 0 Å². The first kappa shape index (κ1) is 24.2. The van der Waals surface area contributed by atoms with Crippen LogP contribution in [0.15, 0.2) is 86.3 Å². The zero-order valence-electron chi connectivity index (χ0n) is 21.1. The van der Waals surface area contributed by atoms with E-state index in [-0.39, 0.29) is 5.56 Å². The molecule has 38 heavy (non-hydrogen) atoms. The molecule has 0 spiro atoms. The maximum atomic E-state index is 13.5. The molecule has 1 aliphatic rings. The Morgan fingerprint density at radius 2 is 1.76 bits per heavy atom. The highest BCUT2D eigenvalue weighted by atomic mass is 32.1. The van der Waals surface area contributed by atoms with Gasteiger partial charge in [-0.1, -0.05) is 24.3 Å². The summed E-state index contributed by atoms with van der Waals surface area (Å²) in [6.45, 7) is 4.92. The van der Waals surface area contributed by atoms with E-state index in [1.54, 1.807) is 16.0 Å². The molecule has 0 radical (unpaired) electrons. The molecule has 3 aromatic heterocycles. The molecule has 5 aromatic rings. The Morgan fingerprint density at radius 3 is 2.53 bits per heavy atom. The van der Waals surface area contributed by atoms with Crippen molar-refractivity contribution in [2.24, 2.45) is 17.1 Å². The summed E-state index contributed by atoms with van der Waals surface area (Å²) in [5, 5.41) is 9.04. The van der Waals surface area contributed by atoms with Crippen LogP contribution in [-0.4, -0.2) is 33.0 Å². The molecule has 0 amide bonds. The number of benzene rings is 2. The highest BCUT2D eigenvalue weighted by Gasteiger charge is 2.18. The SMILES string of the molecule is CC(=Nn1c(-c2cccs2)csc1=Nc1c(C)n(C)n(-c2ccccc2)c1=O)c1ccc2c(c1)OCCO2. The summed E-state index contributed by atoms with van der Waals surface area (Å²) in [7, 11) is 1.87. The zero-order valence-corrected chi connectivity index (χ0v) is 22.8. The number of hydrogen-bond acceptors (Lipinski definition) is 7. The van der Waals surface area contributed by atoms with Crippen LogP contribution in [0.2, 0.25) is 0 Å². The van der Waals surface area contributed by atoms with Crippen LogP contribution in [0.3, 0.4) is 0 Å². The van der Waals surface area contributed by atoms with Crippen molar-refractivity contribution in [1.82, 2.24) is 14.0 Å². The van der Waals surface area contributed by atoms with Crippen molar-refractivity contribution < 1.29 is 9.47 Å². The molecule has 0 unspecified atom stereocenters. The lowest BCUT2D eigenvalue weighted by Crippen LogP contribution is -2.20. The topological polar surface area (TPSA) is 75.0 Å². The molecule has 2 aromatic carbocycles. The lowest BCUT2D eigenvalue weighted by atomic mass is 10.1. The molecule has 1 aliphatic heterocycles. The van der Waals surface area contributed by atoms with Crippen LogP contribution >= 0.6 is 22.7 Å². The van der Waals surface area contributed by atoms with E-state index in [1.807, 2.05) is 95.6 Å². The third-order valence-corrected chi connectivity index (χ3v) is 8.11. The predicted molar refractivity (Wildman–Crippen MR) is 152 cm³/mol. The summed E-state index contributed by atoms with van der Waals surface area (Å²) in [5.74, 6) is 1.45. The highest BCUT2D eigenvalue weighted by Crippen LogP contribution is 2.31. The van der Waals surface area contributed by atoms with Crippen LogP contribution in [0.1, 0.15) is 18.2 Å². The second-order valence-electron chi connectivity index (χ2n) is 8.76. The average molecular weight is 544 g/mol. The van der Waals surface area contributed by atoms with E-state index in [4.69, 9.17) is 19.6 Å². The van der Waals surface area contributed by atoms with Crippen LogP contribution in [0.4, 0.5) is 5.69 Å². The van der Waals surface area contributed by atoms with Crippen molar-refractivity contribution in [3.05, 3.63) is 97.8 Å². The van der Waals surface area contributed by atoms with Crippen LogP contribution < -0.4 is 19.8 Å².